The molecule has 0 unspecified atom stereocenters. The van der Waals surface area contributed by atoms with Crippen molar-refractivity contribution in [2.24, 2.45) is 5.92 Å². The van der Waals surface area contributed by atoms with Crippen molar-refractivity contribution in [1.29, 1.82) is 0 Å². The standard InChI is InChI=1S/C21H21NO4S/c1-15(2)14-22(19-9-5-8-18(12-19)21(23)24)27(25,26)20-11-10-16-6-3-4-7-17(16)13-20/h3-13,15H,14H2,1-2H3,(H,23,24). The van der Waals surface area contributed by atoms with E-state index < -0.39 is 16.0 Å². The van der Waals surface area contributed by atoms with Crippen molar-refractivity contribution in [2.75, 3.05) is 10.8 Å². The van der Waals surface area contributed by atoms with Crippen LogP contribution in [0.5, 0.6) is 0 Å². The van der Waals surface area contributed by atoms with E-state index in [1.807, 2.05) is 38.1 Å². The number of fused-ring (bicyclic) bond motifs is 1. The van der Waals surface area contributed by atoms with E-state index in [9.17, 15) is 18.3 Å². The van der Waals surface area contributed by atoms with Gasteiger partial charge in [0.25, 0.3) is 10.0 Å². The molecule has 0 amide bonds. The number of nitrogens with zero attached hydrogens (tertiary/aromatic N) is 1. The van der Waals surface area contributed by atoms with Gasteiger partial charge in [-0.1, -0.05) is 50.2 Å². The molecule has 3 aromatic carbocycles. The second-order valence-electron chi connectivity index (χ2n) is 6.79. The third-order valence-electron chi connectivity index (χ3n) is 4.22. The SMILES string of the molecule is CC(C)CN(c1cccc(C(=O)O)c1)S(=O)(=O)c1ccc2ccccc2c1. The molecule has 0 saturated carbocycles. The summed E-state index contributed by atoms with van der Waals surface area (Å²) in [4.78, 5) is 11.5. The molecule has 0 heterocycles. The number of carboxylic acids is 1. The highest BCUT2D eigenvalue weighted by atomic mass is 32.2. The average Bonchev–Trinajstić information content (AvgIpc) is 2.65. The molecule has 3 rings (SSSR count). The summed E-state index contributed by atoms with van der Waals surface area (Å²) in [6, 6.07) is 18.6. The molecule has 0 aliphatic heterocycles. The highest BCUT2D eigenvalue weighted by Gasteiger charge is 2.26. The van der Waals surface area contributed by atoms with E-state index in [0.717, 1.165) is 10.8 Å². The van der Waals surface area contributed by atoms with Gasteiger partial charge < -0.3 is 5.11 Å². The minimum absolute atomic E-state index is 0.0509. The third kappa shape index (κ3) is 3.95. The third-order valence-corrected chi connectivity index (χ3v) is 6.01. The van der Waals surface area contributed by atoms with Crippen LogP contribution in [0.25, 0.3) is 10.8 Å². The molecule has 0 aromatic heterocycles. The number of hydrogen-bond acceptors (Lipinski definition) is 3. The highest BCUT2D eigenvalue weighted by Crippen LogP contribution is 2.28. The Morgan fingerprint density at radius 2 is 1.67 bits per heavy atom. The molecule has 1 N–H and O–H groups in total. The van der Waals surface area contributed by atoms with Gasteiger partial charge in [-0.05, 0) is 47.0 Å². The first kappa shape index (κ1) is 18.9. The molecule has 6 heteroatoms. The van der Waals surface area contributed by atoms with Crippen molar-refractivity contribution in [2.45, 2.75) is 18.7 Å². The Labute approximate surface area is 158 Å². The van der Waals surface area contributed by atoms with Crippen molar-refractivity contribution in [3.63, 3.8) is 0 Å². The molecular formula is C21H21NO4S. The van der Waals surface area contributed by atoms with E-state index in [1.165, 1.54) is 16.4 Å². The van der Waals surface area contributed by atoms with Crippen LogP contribution in [0.4, 0.5) is 5.69 Å². The van der Waals surface area contributed by atoms with Crippen LogP contribution in [0.15, 0.2) is 71.6 Å². The Morgan fingerprint density at radius 1 is 0.963 bits per heavy atom. The summed E-state index contributed by atoms with van der Waals surface area (Å²) < 4.78 is 28.0. The summed E-state index contributed by atoms with van der Waals surface area (Å²) in [5.41, 5.74) is 0.395. The average molecular weight is 383 g/mol. The van der Waals surface area contributed by atoms with Crippen molar-refractivity contribution in [3.05, 3.63) is 72.3 Å². The van der Waals surface area contributed by atoms with Gasteiger partial charge in [0.15, 0.2) is 0 Å². The van der Waals surface area contributed by atoms with Gasteiger partial charge in [0.2, 0.25) is 0 Å². The number of carbonyl (C=O) groups is 1. The van der Waals surface area contributed by atoms with E-state index in [4.69, 9.17) is 0 Å². The van der Waals surface area contributed by atoms with Crippen molar-refractivity contribution in [3.8, 4) is 0 Å². The summed E-state index contributed by atoms with van der Waals surface area (Å²) in [5, 5.41) is 11.0. The Bertz CT molecular complexity index is 1090. The Morgan fingerprint density at radius 3 is 2.33 bits per heavy atom. The predicted octanol–water partition coefficient (Wildman–Crippen LogP) is 4.39. The fourth-order valence-corrected chi connectivity index (χ4v) is 4.58. The molecule has 0 fully saturated rings. The Balaban J connectivity index is 2.12. The second-order valence-corrected chi connectivity index (χ2v) is 8.66. The molecule has 0 bridgehead atoms. The predicted molar refractivity (Wildman–Crippen MR) is 107 cm³/mol. The van der Waals surface area contributed by atoms with Crippen LogP contribution in [-0.4, -0.2) is 26.0 Å². The number of rotatable bonds is 6. The first-order valence-electron chi connectivity index (χ1n) is 8.64. The van der Waals surface area contributed by atoms with Gasteiger partial charge in [-0.3, -0.25) is 4.31 Å². The van der Waals surface area contributed by atoms with E-state index in [-0.39, 0.29) is 22.9 Å². The summed E-state index contributed by atoms with van der Waals surface area (Å²) in [7, 11) is -3.84. The molecule has 0 atom stereocenters. The van der Waals surface area contributed by atoms with Crippen LogP contribution in [0.3, 0.4) is 0 Å². The van der Waals surface area contributed by atoms with Crippen LogP contribution < -0.4 is 4.31 Å². The van der Waals surface area contributed by atoms with E-state index in [1.54, 1.807) is 30.3 Å². The maximum Gasteiger partial charge on any atom is 0.335 e. The quantitative estimate of drug-likeness (QED) is 0.685. The number of anilines is 1. The molecule has 27 heavy (non-hydrogen) atoms. The topological polar surface area (TPSA) is 74.7 Å². The minimum Gasteiger partial charge on any atom is -0.478 e. The first-order valence-corrected chi connectivity index (χ1v) is 10.1. The summed E-state index contributed by atoms with van der Waals surface area (Å²) in [5.74, 6) is -1.03. The van der Waals surface area contributed by atoms with Crippen LogP contribution in [0.1, 0.15) is 24.2 Å². The molecule has 0 saturated heterocycles. The number of benzene rings is 3. The number of carboxylic acid groups (broad SMARTS) is 1. The smallest absolute Gasteiger partial charge is 0.335 e. The zero-order chi connectivity index (χ0) is 19.6. The monoisotopic (exact) mass is 383 g/mol. The zero-order valence-electron chi connectivity index (χ0n) is 15.2. The zero-order valence-corrected chi connectivity index (χ0v) is 16.0. The molecule has 140 valence electrons. The lowest BCUT2D eigenvalue weighted by Crippen LogP contribution is -2.34. The molecular weight excluding hydrogens is 362 g/mol. The van der Waals surface area contributed by atoms with Gasteiger partial charge in [0.05, 0.1) is 16.1 Å². The molecule has 3 aromatic rings. The van der Waals surface area contributed by atoms with Crippen molar-refractivity contribution in [1.82, 2.24) is 0 Å². The molecule has 5 nitrogen and oxygen atoms in total. The summed E-state index contributed by atoms with van der Waals surface area (Å²) >= 11 is 0. The molecule has 0 aliphatic carbocycles. The largest absolute Gasteiger partial charge is 0.478 e. The molecule has 0 radical (unpaired) electrons. The van der Waals surface area contributed by atoms with E-state index in [0.29, 0.717) is 5.69 Å². The van der Waals surface area contributed by atoms with Gasteiger partial charge in [-0.15, -0.1) is 0 Å². The van der Waals surface area contributed by atoms with Gasteiger partial charge >= 0.3 is 5.97 Å². The lowest BCUT2D eigenvalue weighted by atomic mass is 10.1. The maximum absolute atomic E-state index is 13.4. The molecule has 0 spiro atoms. The van der Waals surface area contributed by atoms with Crippen molar-refractivity contribution < 1.29 is 18.3 Å². The van der Waals surface area contributed by atoms with Crippen LogP contribution in [0.2, 0.25) is 0 Å². The normalized spacial score (nSPS) is 11.7. The highest BCUT2D eigenvalue weighted by molar-refractivity contribution is 7.92. The van der Waals surface area contributed by atoms with Crippen LogP contribution >= 0.6 is 0 Å². The van der Waals surface area contributed by atoms with Gasteiger partial charge in [0, 0.05) is 6.54 Å². The number of sulfonamides is 1. The first-order chi connectivity index (χ1) is 12.8. The fourth-order valence-electron chi connectivity index (χ4n) is 2.92. The second kappa shape index (κ2) is 7.40. The van der Waals surface area contributed by atoms with Crippen LogP contribution in [-0.2, 0) is 10.0 Å². The lowest BCUT2D eigenvalue weighted by Gasteiger charge is -2.26. The van der Waals surface area contributed by atoms with E-state index >= 15 is 0 Å². The maximum atomic E-state index is 13.4. The van der Waals surface area contributed by atoms with Crippen LogP contribution in [0, 0.1) is 5.92 Å². The number of hydrogen-bond donors (Lipinski definition) is 1. The summed E-state index contributed by atoms with van der Waals surface area (Å²) in [6.07, 6.45) is 0. The van der Waals surface area contributed by atoms with Gasteiger partial charge in [0.1, 0.15) is 0 Å². The molecule has 0 aliphatic rings. The fraction of sp³-hybridized carbons (Fsp3) is 0.190. The number of aromatic carboxylic acids is 1. The summed E-state index contributed by atoms with van der Waals surface area (Å²) in [6.45, 7) is 4.09. The van der Waals surface area contributed by atoms with Crippen molar-refractivity contribution >= 4 is 32.5 Å². The van der Waals surface area contributed by atoms with Gasteiger partial charge in [-0.2, -0.15) is 0 Å². The van der Waals surface area contributed by atoms with E-state index in [2.05, 4.69) is 0 Å². The Kier molecular flexibility index (Phi) is 5.19. The minimum atomic E-state index is -3.84. The van der Waals surface area contributed by atoms with Gasteiger partial charge in [-0.25, -0.2) is 13.2 Å². The lowest BCUT2D eigenvalue weighted by molar-refractivity contribution is 0.0697. The Hall–Kier alpha value is -2.86.